The van der Waals surface area contributed by atoms with E-state index in [1.165, 1.54) is 43.5 Å². The SMILES string of the molecule is C=CC(=Nc1cccnc1N)N1CCN(S(=O)(=O)c2ccc(OC(F)(F)F)cc2)[C@@H](C(=O)NCc2ccc(C(F)(F)CC)cc2)C1. The Balaban J connectivity index is 1.61. The largest absolute Gasteiger partial charge is 0.573 e. The standard InChI is InChI=1S/C30H31F5N6O4S/c1-3-26(39-24-6-5-15-37-27(24)36)40-16-17-41(46(43,44)23-13-11-22(12-14-23)45-30(33,34)35)25(19-40)28(42)38-18-20-7-9-21(10-8-20)29(31,32)4-2/h3,5-15,25H,1,4,16-19H2,2H3,(H2,36,37)(H,38,42)/t25-/m1/s1. The summed E-state index contributed by atoms with van der Waals surface area (Å²) < 4.78 is 98.2. The molecular weight excluding hydrogens is 635 g/mol. The zero-order valence-corrected chi connectivity index (χ0v) is 25.4. The monoisotopic (exact) mass is 666 g/mol. The molecule has 2 heterocycles. The van der Waals surface area contributed by atoms with Gasteiger partial charge < -0.3 is 20.7 Å². The van der Waals surface area contributed by atoms with Gasteiger partial charge in [0, 0.05) is 44.4 Å². The fourth-order valence-electron chi connectivity index (χ4n) is 4.67. The number of amidine groups is 1. The Hall–Kier alpha value is -4.57. The molecule has 0 aliphatic carbocycles. The number of hydrogen-bond donors (Lipinski definition) is 2. The smallest absolute Gasteiger partial charge is 0.406 e. The van der Waals surface area contributed by atoms with Crippen molar-refractivity contribution >= 4 is 33.3 Å². The van der Waals surface area contributed by atoms with Crippen LogP contribution in [0, 0.1) is 0 Å². The summed E-state index contributed by atoms with van der Waals surface area (Å²) in [5.74, 6) is -3.91. The van der Waals surface area contributed by atoms with Crippen LogP contribution in [0.5, 0.6) is 5.75 Å². The molecule has 16 heteroatoms. The normalized spacial score (nSPS) is 16.6. The second kappa shape index (κ2) is 13.8. The molecule has 0 saturated carbocycles. The number of nitrogens with zero attached hydrogens (tertiary/aromatic N) is 4. The van der Waals surface area contributed by atoms with E-state index in [0.29, 0.717) is 11.3 Å². The summed E-state index contributed by atoms with van der Waals surface area (Å²) in [6.45, 7) is 4.71. The molecule has 1 aliphatic heterocycles. The number of nitrogen functional groups attached to an aromatic ring is 1. The van der Waals surface area contributed by atoms with Gasteiger partial charge in [-0.3, -0.25) is 4.79 Å². The number of halogens is 5. The van der Waals surface area contributed by atoms with E-state index < -0.39 is 40.0 Å². The Kier molecular flexibility index (Phi) is 10.3. The molecule has 0 bridgehead atoms. The highest BCUT2D eigenvalue weighted by Crippen LogP contribution is 2.31. The van der Waals surface area contributed by atoms with Crippen molar-refractivity contribution < 1.29 is 39.9 Å². The molecule has 0 unspecified atom stereocenters. The highest BCUT2D eigenvalue weighted by atomic mass is 32.2. The molecule has 2 aromatic carbocycles. The van der Waals surface area contributed by atoms with Crippen LogP contribution in [0.15, 0.2) is 89.4 Å². The quantitative estimate of drug-likeness (QED) is 0.178. The highest BCUT2D eigenvalue weighted by molar-refractivity contribution is 7.89. The van der Waals surface area contributed by atoms with Gasteiger partial charge in [0.2, 0.25) is 15.9 Å². The molecule has 246 valence electrons. The van der Waals surface area contributed by atoms with Crippen LogP contribution in [-0.4, -0.2) is 66.4 Å². The number of nitrogens with two attached hydrogens (primary N) is 1. The molecule has 1 fully saturated rings. The summed E-state index contributed by atoms with van der Waals surface area (Å²) in [5.41, 5.74) is 6.56. The summed E-state index contributed by atoms with van der Waals surface area (Å²) in [6, 6.07) is 10.9. The zero-order chi connectivity index (χ0) is 33.7. The molecule has 46 heavy (non-hydrogen) atoms. The predicted molar refractivity (Wildman–Crippen MR) is 161 cm³/mol. The van der Waals surface area contributed by atoms with Crippen molar-refractivity contribution in [3.63, 3.8) is 0 Å². The maximum atomic E-state index is 14.0. The van der Waals surface area contributed by atoms with Gasteiger partial charge in [-0.25, -0.2) is 27.2 Å². The lowest BCUT2D eigenvalue weighted by atomic mass is 10.0. The number of piperazine rings is 1. The molecule has 0 spiro atoms. The number of sulfonamides is 1. The molecule has 1 aromatic heterocycles. The Morgan fingerprint density at radius 2 is 1.78 bits per heavy atom. The van der Waals surface area contributed by atoms with Crippen molar-refractivity contribution in [1.29, 1.82) is 0 Å². The van der Waals surface area contributed by atoms with Crippen molar-refractivity contribution in [3.05, 3.63) is 90.6 Å². The lowest BCUT2D eigenvalue weighted by Crippen LogP contribution is -2.61. The van der Waals surface area contributed by atoms with Crippen LogP contribution in [0.3, 0.4) is 0 Å². The van der Waals surface area contributed by atoms with Crippen LogP contribution in [0.1, 0.15) is 24.5 Å². The lowest BCUT2D eigenvalue weighted by molar-refractivity contribution is -0.274. The van der Waals surface area contributed by atoms with Crippen molar-refractivity contribution in [2.45, 2.75) is 43.1 Å². The van der Waals surface area contributed by atoms with E-state index in [1.54, 1.807) is 17.0 Å². The van der Waals surface area contributed by atoms with E-state index in [-0.39, 0.29) is 54.7 Å². The minimum Gasteiger partial charge on any atom is -0.406 e. The third kappa shape index (κ3) is 8.17. The number of rotatable bonds is 10. The van der Waals surface area contributed by atoms with E-state index in [2.05, 4.69) is 26.6 Å². The van der Waals surface area contributed by atoms with Crippen LogP contribution < -0.4 is 15.8 Å². The van der Waals surface area contributed by atoms with E-state index in [0.717, 1.165) is 28.6 Å². The topological polar surface area (TPSA) is 130 Å². The van der Waals surface area contributed by atoms with Crippen LogP contribution >= 0.6 is 0 Å². The molecule has 1 amide bonds. The van der Waals surface area contributed by atoms with Gasteiger partial charge in [0.1, 0.15) is 29.1 Å². The second-order valence-electron chi connectivity index (χ2n) is 10.2. The van der Waals surface area contributed by atoms with Gasteiger partial charge in [0.25, 0.3) is 5.92 Å². The van der Waals surface area contributed by atoms with Gasteiger partial charge in [-0.2, -0.15) is 4.31 Å². The van der Waals surface area contributed by atoms with Crippen molar-refractivity contribution in [3.8, 4) is 5.75 Å². The van der Waals surface area contributed by atoms with E-state index in [4.69, 9.17) is 5.73 Å². The summed E-state index contributed by atoms with van der Waals surface area (Å²) in [5, 5.41) is 2.67. The Labute approximate surface area is 262 Å². The summed E-state index contributed by atoms with van der Waals surface area (Å²) in [4.78, 5) is 23.3. The van der Waals surface area contributed by atoms with Crippen LogP contribution in [0.25, 0.3) is 0 Å². The van der Waals surface area contributed by atoms with Crippen molar-refractivity contribution in [1.82, 2.24) is 19.5 Å². The molecule has 3 N–H and O–H groups in total. The van der Waals surface area contributed by atoms with Crippen LogP contribution in [0.4, 0.5) is 33.5 Å². The first kappa shape index (κ1) is 34.3. The van der Waals surface area contributed by atoms with E-state index >= 15 is 0 Å². The van der Waals surface area contributed by atoms with Gasteiger partial charge in [0.15, 0.2) is 0 Å². The number of pyridine rings is 1. The minimum absolute atomic E-state index is 0.0659. The summed E-state index contributed by atoms with van der Waals surface area (Å²) >= 11 is 0. The molecule has 0 radical (unpaired) electrons. The van der Waals surface area contributed by atoms with Crippen LogP contribution in [0.2, 0.25) is 0 Å². The second-order valence-corrected chi connectivity index (χ2v) is 12.0. The van der Waals surface area contributed by atoms with Crippen molar-refractivity contribution in [2.24, 2.45) is 4.99 Å². The molecular formula is C30H31F5N6O4S. The number of amides is 1. The molecule has 1 saturated heterocycles. The predicted octanol–water partition coefficient (Wildman–Crippen LogP) is 4.97. The number of alkyl halides is 5. The van der Waals surface area contributed by atoms with E-state index in [1.807, 2.05) is 0 Å². The fraction of sp³-hybridized carbons (Fsp3) is 0.300. The van der Waals surface area contributed by atoms with Gasteiger partial charge in [-0.1, -0.05) is 37.8 Å². The molecule has 1 aliphatic rings. The molecule has 4 rings (SSSR count). The summed E-state index contributed by atoms with van der Waals surface area (Å²) in [7, 11) is -4.42. The van der Waals surface area contributed by atoms with Gasteiger partial charge >= 0.3 is 6.36 Å². The number of ether oxygens (including phenoxy) is 1. The first-order valence-corrected chi connectivity index (χ1v) is 15.4. The van der Waals surface area contributed by atoms with Crippen LogP contribution in [-0.2, 0) is 27.3 Å². The van der Waals surface area contributed by atoms with Gasteiger partial charge in [-0.15, -0.1) is 13.2 Å². The summed E-state index contributed by atoms with van der Waals surface area (Å²) in [6.07, 6.45) is -2.45. The fourth-order valence-corrected chi connectivity index (χ4v) is 6.24. The Morgan fingerprint density at radius 3 is 2.37 bits per heavy atom. The van der Waals surface area contributed by atoms with Crippen molar-refractivity contribution in [2.75, 3.05) is 25.4 Å². The number of aromatic nitrogens is 1. The molecule has 3 aromatic rings. The number of carbonyl (C=O) groups is 1. The van der Waals surface area contributed by atoms with Gasteiger partial charge in [0.05, 0.1) is 4.90 Å². The number of hydrogen-bond acceptors (Lipinski definition) is 7. The number of anilines is 1. The third-order valence-corrected chi connectivity index (χ3v) is 9.07. The molecule has 10 nitrogen and oxygen atoms in total. The average molecular weight is 667 g/mol. The third-order valence-electron chi connectivity index (χ3n) is 7.14. The first-order valence-electron chi connectivity index (χ1n) is 13.9. The number of aliphatic imine (C=N–C) groups is 1. The maximum Gasteiger partial charge on any atom is 0.573 e. The molecule has 1 atom stereocenters. The first-order chi connectivity index (χ1) is 21.6. The number of carbonyl (C=O) groups excluding carboxylic acids is 1. The minimum atomic E-state index is -4.97. The van der Waals surface area contributed by atoms with Gasteiger partial charge in [-0.05, 0) is 48.0 Å². The lowest BCUT2D eigenvalue weighted by Gasteiger charge is -2.40. The zero-order valence-electron chi connectivity index (χ0n) is 24.5. The Bertz CT molecular complexity index is 1680. The number of nitrogens with one attached hydrogen (secondary N) is 1. The maximum absolute atomic E-state index is 14.0. The number of benzene rings is 2. The van der Waals surface area contributed by atoms with E-state index in [9.17, 15) is 35.2 Å². The average Bonchev–Trinajstić information content (AvgIpc) is 3.02. The Morgan fingerprint density at radius 1 is 1.11 bits per heavy atom. The highest BCUT2D eigenvalue weighted by Gasteiger charge is 2.41.